The van der Waals surface area contributed by atoms with Gasteiger partial charge in [-0.2, -0.15) is 0 Å². The summed E-state index contributed by atoms with van der Waals surface area (Å²) in [5.41, 5.74) is 1.43. The maximum atomic E-state index is 11.8. The van der Waals surface area contributed by atoms with Crippen LogP contribution in [-0.4, -0.2) is 24.0 Å². The molecule has 0 aliphatic carbocycles. The van der Waals surface area contributed by atoms with Gasteiger partial charge in [0.1, 0.15) is 0 Å². The van der Waals surface area contributed by atoms with E-state index in [0.717, 1.165) is 24.0 Å². The molecule has 0 fully saturated rings. The number of carbonyl (C=O) groups excluding carboxylic acids is 1. The number of nitrogens with zero attached hydrogens (tertiary/aromatic N) is 1. The standard InChI is InChI=1S/C14H16ClN3O/c1-2-7-16-9-13(19)18-12-6-5-11(15)14-10(12)4-3-8-17-14/h3-6,8,16H,2,7,9H2,1H3,(H,18,19). The number of hydrogen-bond donors (Lipinski definition) is 2. The van der Waals surface area contributed by atoms with Gasteiger partial charge in [0, 0.05) is 11.6 Å². The normalized spacial score (nSPS) is 10.6. The number of anilines is 1. The first-order valence-electron chi connectivity index (χ1n) is 6.26. The van der Waals surface area contributed by atoms with Crippen LogP contribution >= 0.6 is 11.6 Å². The second kappa shape index (κ2) is 6.50. The van der Waals surface area contributed by atoms with Crippen molar-refractivity contribution in [2.75, 3.05) is 18.4 Å². The molecule has 0 bridgehead atoms. The second-order valence-electron chi connectivity index (χ2n) is 4.22. The van der Waals surface area contributed by atoms with E-state index in [2.05, 4.69) is 22.5 Å². The number of halogens is 1. The van der Waals surface area contributed by atoms with E-state index in [9.17, 15) is 4.79 Å². The predicted molar refractivity (Wildman–Crippen MR) is 78.5 cm³/mol. The highest BCUT2D eigenvalue weighted by atomic mass is 35.5. The van der Waals surface area contributed by atoms with Crippen molar-refractivity contribution in [3.8, 4) is 0 Å². The molecule has 0 radical (unpaired) electrons. The number of carbonyl (C=O) groups is 1. The van der Waals surface area contributed by atoms with Crippen molar-refractivity contribution in [2.45, 2.75) is 13.3 Å². The Kier molecular flexibility index (Phi) is 4.71. The van der Waals surface area contributed by atoms with Gasteiger partial charge in [0.15, 0.2) is 0 Å². The highest BCUT2D eigenvalue weighted by molar-refractivity contribution is 6.35. The molecule has 100 valence electrons. The quantitative estimate of drug-likeness (QED) is 0.827. The Morgan fingerprint density at radius 1 is 1.37 bits per heavy atom. The van der Waals surface area contributed by atoms with Crippen LogP contribution in [-0.2, 0) is 4.79 Å². The molecule has 19 heavy (non-hydrogen) atoms. The van der Waals surface area contributed by atoms with E-state index in [1.54, 1.807) is 18.3 Å². The zero-order valence-corrected chi connectivity index (χ0v) is 11.5. The van der Waals surface area contributed by atoms with Crippen LogP contribution in [0.3, 0.4) is 0 Å². The number of rotatable bonds is 5. The SMILES string of the molecule is CCCNCC(=O)Nc1ccc(Cl)c2ncccc12. The molecule has 5 heteroatoms. The Labute approximate surface area is 117 Å². The number of pyridine rings is 1. The zero-order valence-electron chi connectivity index (χ0n) is 10.7. The van der Waals surface area contributed by atoms with Crippen molar-refractivity contribution in [2.24, 2.45) is 0 Å². The molecule has 0 saturated carbocycles. The van der Waals surface area contributed by atoms with Crippen molar-refractivity contribution < 1.29 is 4.79 Å². The molecule has 2 rings (SSSR count). The predicted octanol–water partition coefficient (Wildman–Crippen LogP) is 2.83. The molecule has 1 amide bonds. The Balaban J connectivity index is 2.17. The fraction of sp³-hybridized carbons (Fsp3) is 0.286. The number of fused-ring (bicyclic) bond motifs is 1. The van der Waals surface area contributed by atoms with Gasteiger partial charge in [-0.1, -0.05) is 18.5 Å². The molecule has 1 heterocycles. The molecule has 1 aromatic heterocycles. The van der Waals surface area contributed by atoms with E-state index in [0.29, 0.717) is 17.1 Å². The minimum absolute atomic E-state index is 0.0686. The van der Waals surface area contributed by atoms with E-state index in [4.69, 9.17) is 11.6 Å². The minimum atomic E-state index is -0.0686. The smallest absolute Gasteiger partial charge is 0.238 e. The van der Waals surface area contributed by atoms with Crippen molar-refractivity contribution in [1.82, 2.24) is 10.3 Å². The zero-order chi connectivity index (χ0) is 13.7. The van der Waals surface area contributed by atoms with Crippen LogP contribution < -0.4 is 10.6 Å². The number of aromatic nitrogens is 1. The summed E-state index contributed by atoms with van der Waals surface area (Å²) in [6.45, 7) is 3.19. The summed E-state index contributed by atoms with van der Waals surface area (Å²) >= 11 is 6.08. The molecular formula is C14H16ClN3O. The van der Waals surface area contributed by atoms with E-state index in [1.165, 1.54) is 0 Å². The Bertz CT molecular complexity index is 586. The Morgan fingerprint density at radius 3 is 3.00 bits per heavy atom. The van der Waals surface area contributed by atoms with Gasteiger partial charge in [-0.15, -0.1) is 0 Å². The first-order valence-corrected chi connectivity index (χ1v) is 6.64. The van der Waals surface area contributed by atoms with Crippen LogP contribution in [0.15, 0.2) is 30.5 Å². The summed E-state index contributed by atoms with van der Waals surface area (Å²) < 4.78 is 0. The van der Waals surface area contributed by atoms with E-state index < -0.39 is 0 Å². The van der Waals surface area contributed by atoms with Gasteiger partial charge in [-0.3, -0.25) is 9.78 Å². The molecule has 4 nitrogen and oxygen atoms in total. The third-order valence-electron chi connectivity index (χ3n) is 2.71. The lowest BCUT2D eigenvalue weighted by Crippen LogP contribution is -2.28. The van der Waals surface area contributed by atoms with Crippen molar-refractivity contribution >= 4 is 34.1 Å². The highest BCUT2D eigenvalue weighted by Crippen LogP contribution is 2.27. The number of hydrogen-bond acceptors (Lipinski definition) is 3. The second-order valence-corrected chi connectivity index (χ2v) is 4.63. The summed E-state index contributed by atoms with van der Waals surface area (Å²) in [6, 6.07) is 7.25. The van der Waals surface area contributed by atoms with Crippen LogP contribution in [0.4, 0.5) is 5.69 Å². The van der Waals surface area contributed by atoms with Crippen LogP contribution in [0.1, 0.15) is 13.3 Å². The molecule has 2 N–H and O–H groups in total. The van der Waals surface area contributed by atoms with Crippen LogP contribution in [0.2, 0.25) is 5.02 Å². The van der Waals surface area contributed by atoms with Crippen LogP contribution in [0.25, 0.3) is 10.9 Å². The Morgan fingerprint density at radius 2 is 2.21 bits per heavy atom. The summed E-state index contributed by atoms with van der Waals surface area (Å²) in [7, 11) is 0. The van der Waals surface area contributed by atoms with Gasteiger partial charge in [0.25, 0.3) is 0 Å². The van der Waals surface area contributed by atoms with Gasteiger partial charge in [0.2, 0.25) is 5.91 Å². The summed E-state index contributed by atoms with van der Waals surface area (Å²) in [4.78, 5) is 16.0. The van der Waals surface area contributed by atoms with Gasteiger partial charge >= 0.3 is 0 Å². The van der Waals surface area contributed by atoms with Gasteiger partial charge < -0.3 is 10.6 Å². The third kappa shape index (κ3) is 3.43. The van der Waals surface area contributed by atoms with Gasteiger partial charge in [-0.05, 0) is 37.2 Å². The fourth-order valence-corrected chi connectivity index (χ4v) is 2.03. The maximum absolute atomic E-state index is 11.8. The van der Waals surface area contributed by atoms with Gasteiger partial charge in [0.05, 0.1) is 22.8 Å². The molecule has 1 aromatic carbocycles. The summed E-state index contributed by atoms with van der Waals surface area (Å²) in [6.07, 6.45) is 2.68. The third-order valence-corrected chi connectivity index (χ3v) is 3.01. The van der Waals surface area contributed by atoms with E-state index in [1.807, 2.05) is 12.1 Å². The molecule has 0 spiro atoms. The molecular weight excluding hydrogens is 262 g/mol. The Hall–Kier alpha value is -1.65. The van der Waals surface area contributed by atoms with Crippen molar-refractivity contribution in [3.63, 3.8) is 0 Å². The van der Waals surface area contributed by atoms with E-state index in [-0.39, 0.29) is 5.91 Å². The lowest BCUT2D eigenvalue weighted by Gasteiger charge is -2.09. The summed E-state index contributed by atoms with van der Waals surface area (Å²) in [5, 5.41) is 7.36. The largest absolute Gasteiger partial charge is 0.324 e. The molecule has 0 saturated heterocycles. The first-order chi connectivity index (χ1) is 9.22. The number of nitrogens with one attached hydrogen (secondary N) is 2. The molecule has 2 aromatic rings. The number of amides is 1. The topological polar surface area (TPSA) is 54.0 Å². The first kappa shape index (κ1) is 13.8. The molecule has 0 aliphatic heterocycles. The lowest BCUT2D eigenvalue weighted by atomic mass is 10.2. The average Bonchev–Trinajstić information content (AvgIpc) is 2.43. The van der Waals surface area contributed by atoms with Crippen molar-refractivity contribution in [1.29, 1.82) is 0 Å². The monoisotopic (exact) mass is 277 g/mol. The minimum Gasteiger partial charge on any atom is -0.324 e. The highest BCUT2D eigenvalue weighted by Gasteiger charge is 2.08. The van der Waals surface area contributed by atoms with E-state index >= 15 is 0 Å². The van der Waals surface area contributed by atoms with Crippen LogP contribution in [0, 0.1) is 0 Å². The molecule has 0 aliphatic rings. The maximum Gasteiger partial charge on any atom is 0.238 e. The number of benzene rings is 1. The van der Waals surface area contributed by atoms with Gasteiger partial charge in [-0.25, -0.2) is 0 Å². The average molecular weight is 278 g/mol. The summed E-state index contributed by atoms with van der Waals surface area (Å²) in [5.74, 6) is -0.0686. The van der Waals surface area contributed by atoms with Crippen molar-refractivity contribution in [3.05, 3.63) is 35.5 Å². The van der Waals surface area contributed by atoms with Crippen LogP contribution in [0.5, 0.6) is 0 Å². The fourth-order valence-electron chi connectivity index (χ4n) is 1.82. The molecule has 0 unspecified atom stereocenters. The molecule has 0 atom stereocenters. The lowest BCUT2D eigenvalue weighted by molar-refractivity contribution is -0.115.